The lowest BCUT2D eigenvalue weighted by Crippen LogP contribution is -2.14. The Bertz CT molecular complexity index is 1300. The molecule has 0 bridgehead atoms. The molecule has 2 heterocycles. The van der Waals surface area contributed by atoms with E-state index < -0.39 is 5.91 Å². The Labute approximate surface area is 191 Å². The molecule has 1 N–H and O–H groups in total. The molecule has 0 aliphatic rings. The SMILES string of the molecule is COc1ccc(Cl)cc1NC(=O)/C(C#N)=C/c1ccc(Sc2nc3ccccc3s2)o1. The van der Waals surface area contributed by atoms with E-state index >= 15 is 0 Å². The van der Waals surface area contributed by atoms with Crippen molar-refractivity contribution in [3.05, 3.63) is 71.0 Å². The summed E-state index contributed by atoms with van der Waals surface area (Å²) in [5.41, 5.74) is 1.18. The van der Waals surface area contributed by atoms with Gasteiger partial charge in [0.15, 0.2) is 9.43 Å². The van der Waals surface area contributed by atoms with E-state index in [4.69, 9.17) is 20.8 Å². The molecule has 9 heteroatoms. The number of hydrogen-bond acceptors (Lipinski definition) is 7. The quantitative estimate of drug-likeness (QED) is 0.266. The summed E-state index contributed by atoms with van der Waals surface area (Å²) in [5.74, 6) is 0.218. The largest absolute Gasteiger partial charge is 0.495 e. The predicted molar refractivity (Wildman–Crippen MR) is 123 cm³/mol. The van der Waals surface area contributed by atoms with Gasteiger partial charge in [-0.1, -0.05) is 23.7 Å². The van der Waals surface area contributed by atoms with Crippen molar-refractivity contribution in [2.45, 2.75) is 9.43 Å². The van der Waals surface area contributed by atoms with E-state index in [-0.39, 0.29) is 5.57 Å². The van der Waals surface area contributed by atoms with E-state index in [1.165, 1.54) is 24.9 Å². The number of carbonyl (C=O) groups is 1. The Morgan fingerprint density at radius 3 is 2.90 bits per heavy atom. The number of halogens is 1. The number of aromatic nitrogens is 1. The second kappa shape index (κ2) is 9.27. The van der Waals surface area contributed by atoms with Crippen molar-refractivity contribution in [1.82, 2.24) is 4.98 Å². The maximum absolute atomic E-state index is 12.6. The lowest BCUT2D eigenvalue weighted by Gasteiger charge is -2.09. The highest BCUT2D eigenvalue weighted by Crippen LogP contribution is 2.35. The molecule has 0 radical (unpaired) electrons. The average molecular weight is 468 g/mol. The second-order valence-corrected chi connectivity index (χ2v) is 8.89. The third-order valence-corrected chi connectivity index (χ3v) is 6.38. The zero-order chi connectivity index (χ0) is 21.8. The van der Waals surface area contributed by atoms with Gasteiger partial charge in [-0.15, -0.1) is 11.3 Å². The topological polar surface area (TPSA) is 88.1 Å². The molecule has 154 valence electrons. The first-order chi connectivity index (χ1) is 15.1. The highest BCUT2D eigenvalue weighted by Gasteiger charge is 2.15. The summed E-state index contributed by atoms with van der Waals surface area (Å²) in [6.45, 7) is 0. The zero-order valence-electron chi connectivity index (χ0n) is 16.1. The van der Waals surface area contributed by atoms with E-state index in [1.54, 1.807) is 41.7 Å². The van der Waals surface area contributed by atoms with Gasteiger partial charge in [0.05, 0.1) is 23.0 Å². The summed E-state index contributed by atoms with van der Waals surface area (Å²) < 4.78 is 12.9. The monoisotopic (exact) mass is 467 g/mol. The Balaban J connectivity index is 1.50. The van der Waals surface area contributed by atoms with Crippen LogP contribution < -0.4 is 10.1 Å². The van der Waals surface area contributed by atoms with Gasteiger partial charge in [-0.3, -0.25) is 4.79 Å². The number of methoxy groups -OCH3 is 1. The van der Waals surface area contributed by atoms with Crippen LogP contribution >= 0.6 is 34.7 Å². The van der Waals surface area contributed by atoms with Gasteiger partial charge >= 0.3 is 0 Å². The normalized spacial score (nSPS) is 11.3. The molecule has 4 aromatic rings. The molecule has 0 aliphatic heterocycles. The van der Waals surface area contributed by atoms with E-state index in [1.807, 2.05) is 30.3 Å². The highest BCUT2D eigenvalue weighted by molar-refractivity contribution is 8.01. The lowest BCUT2D eigenvalue weighted by molar-refractivity contribution is -0.112. The number of para-hydroxylation sites is 1. The van der Waals surface area contributed by atoms with Crippen molar-refractivity contribution in [2.75, 3.05) is 12.4 Å². The molecular weight excluding hydrogens is 454 g/mol. The van der Waals surface area contributed by atoms with Gasteiger partial charge in [0.25, 0.3) is 5.91 Å². The third-order valence-electron chi connectivity index (χ3n) is 4.13. The maximum atomic E-state index is 12.6. The third kappa shape index (κ3) is 4.91. The Kier molecular flexibility index (Phi) is 6.28. The van der Waals surface area contributed by atoms with Gasteiger partial charge < -0.3 is 14.5 Å². The van der Waals surface area contributed by atoms with Crippen molar-refractivity contribution >= 4 is 62.6 Å². The van der Waals surface area contributed by atoms with E-state index in [0.717, 1.165) is 14.6 Å². The number of hydrogen-bond donors (Lipinski definition) is 1. The molecule has 0 atom stereocenters. The number of anilines is 1. The van der Waals surface area contributed by atoms with Crippen LogP contribution in [0.1, 0.15) is 5.76 Å². The van der Waals surface area contributed by atoms with Gasteiger partial charge in [-0.2, -0.15) is 5.26 Å². The minimum absolute atomic E-state index is 0.118. The van der Waals surface area contributed by atoms with Crippen molar-refractivity contribution in [3.63, 3.8) is 0 Å². The summed E-state index contributed by atoms with van der Waals surface area (Å²) in [5, 5.41) is 13.1. The molecule has 2 aromatic carbocycles. The minimum Gasteiger partial charge on any atom is -0.495 e. The van der Waals surface area contributed by atoms with Crippen LogP contribution in [0.4, 0.5) is 5.69 Å². The number of furan rings is 1. The number of rotatable bonds is 6. The van der Waals surface area contributed by atoms with Crippen LogP contribution in [0.25, 0.3) is 16.3 Å². The number of nitrogens with one attached hydrogen (secondary N) is 1. The van der Waals surface area contributed by atoms with Crippen LogP contribution in [0, 0.1) is 11.3 Å². The van der Waals surface area contributed by atoms with Crippen molar-refractivity contribution in [3.8, 4) is 11.8 Å². The molecule has 0 spiro atoms. The summed E-state index contributed by atoms with van der Waals surface area (Å²) in [6.07, 6.45) is 1.38. The van der Waals surface area contributed by atoms with Crippen molar-refractivity contribution in [2.24, 2.45) is 0 Å². The van der Waals surface area contributed by atoms with Gasteiger partial charge in [0.1, 0.15) is 23.2 Å². The number of benzene rings is 2. The number of carbonyl (C=O) groups excluding carboxylic acids is 1. The molecule has 1 amide bonds. The fourth-order valence-corrected chi connectivity index (χ4v) is 4.85. The van der Waals surface area contributed by atoms with Crippen LogP contribution in [0.5, 0.6) is 5.75 Å². The Morgan fingerprint density at radius 1 is 1.29 bits per heavy atom. The zero-order valence-corrected chi connectivity index (χ0v) is 18.5. The first-order valence-electron chi connectivity index (χ1n) is 8.95. The molecule has 6 nitrogen and oxygen atoms in total. The van der Waals surface area contributed by atoms with Crippen LogP contribution in [-0.4, -0.2) is 18.0 Å². The molecule has 0 saturated heterocycles. The van der Waals surface area contributed by atoms with E-state index in [2.05, 4.69) is 10.3 Å². The van der Waals surface area contributed by atoms with Gasteiger partial charge in [0, 0.05) is 11.1 Å². The fourth-order valence-electron chi connectivity index (χ4n) is 2.71. The van der Waals surface area contributed by atoms with Gasteiger partial charge in [-0.05, 0) is 54.2 Å². The number of thiazole rings is 1. The first kappa shape index (κ1) is 21.0. The molecule has 4 rings (SSSR count). The summed E-state index contributed by atoms with van der Waals surface area (Å²) in [7, 11) is 1.48. The number of ether oxygens (including phenoxy) is 1. The molecule has 31 heavy (non-hydrogen) atoms. The number of amides is 1. The fraction of sp³-hybridized carbons (Fsp3) is 0.0455. The molecule has 0 aliphatic carbocycles. The summed E-state index contributed by atoms with van der Waals surface area (Å²) in [4.78, 5) is 17.1. The number of nitrogens with zero attached hydrogens (tertiary/aromatic N) is 2. The average Bonchev–Trinajstić information content (AvgIpc) is 3.38. The maximum Gasteiger partial charge on any atom is 0.266 e. The summed E-state index contributed by atoms with van der Waals surface area (Å²) in [6, 6.07) is 18.1. The number of fused-ring (bicyclic) bond motifs is 1. The predicted octanol–water partition coefficient (Wildman–Crippen LogP) is 6.25. The van der Waals surface area contributed by atoms with E-state index in [0.29, 0.717) is 27.3 Å². The van der Waals surface area contributed by atoms with Gasteiger partial charge in [0.2, 0.25) is 0 Å². The van der Waals surface area contributed by atoms with E-state index in [9.17, 15) is 10.1 Å². The van der Waals surface area contributed by atoms with Crippen LogP contribution in [0.2, 0.25) is 5.02 Å². The molecule has 0 unspecified atom stereocenters. The van der Waals surface area contributed by atoms with Crippen LogP contribution in [-0.2, 0) is 4.79 Å². The Hall–Kier alpha value is -3.25. The van der Waals surface area contributed by atoms with Crippen LogP contribution in [0.3, 0.4) is 0 Å². The lowest BCUT2D eigenvalue weighted by atomic mass is 10.2. The van der Waals surface area contributed by atoms with Crippen LogP contribution in [0.15, 0.2) is 74.0 Å². The molecular formula is C22H14ClN3O3S2. The molecule has 0 fully saturated rings. The van der Waals surface area contributed by atoms with Crippen molar-refractivity contribution in [1.29, 1.82) is 5.26 Å². The smallest absolute Gasteiger partial charge is 0.266 e. The summed E-state index contributed by atoms with van der Waals surface area (Å²) >= 11 is 8.94. The first-order valence-corrected chi connectivity index (χ1v) is 11.0. The minimum atomic E-state index is -0.597. The van der Waals surface area contributed by atoms with Gasteiger partial charge in [-0.25, -0.2) is 4.98 Å². The second-order valence-electron chi connectivity index (χ2n) is 6.17. The highest BCUT2D eigenvalue weighted by atomic mass is 35.5. The molecule has 2 aromatic heterocycles. The number of nitriles is 1. The van der Waals surface area contributed by atoms with Crippen molar-refractivity contribution < 1.29 is 13.9 Å². The Morgan fingerprint density at radius 2 is 2.13 bits per heavy atom. The molecule has 0 saturated carbocycles. The standard InChI is InChI=1S/C22H14ClN3O3S2/c1-28-18-8-6-14(23)11-17(18)25-21(27)13(12-24)10-15-7-9-20(29-15)31-22-26-16-4-2-3-5-19(16)30-22/h2-11H,1H3,(H,25,27)/b13-10+.